The second-order valence-electron chi connectivity index (χ2n) is 7.18. The van der Waals surface area contributed by atoms with Crippen LogP contribution in [0.3, 0.4) is 0 Å². The number of rotatable bonds is 7. The molecule has 0 amide bonds. The topological polar surface area (TPSA) is 46.5 Å². The van der Waals surface area contributed by atoms with Crippen molar-refractivity contribution in [1.82, 2.24) is 0 Å². The van der Waals surface area contributed by atoms with Gasteiger partial charge in [-0.05, 0) is 59.5 Å². The Bertz CT molecular complexity index is 1120. The molecule has 0 aliphatic rings. The largest absolute Gasteiger partial charge is 0.489 e. The standard InChI is InChI=1S/C26H21F3O3/c1-2-4-21(16-25(30)31)20-9-13-24(14-10-20)32-17-18-5-3-6-22(15-18)19-7-11-23(12-8-19)26(27,28)29/h3,5-15,21H,16-17H2,1H3,(H,30,31)/t21-/m0/s1. The van der Waals surface area contributed by atoms with Gasteiger partial charge >= 0.3 is 12.1 Å². The Balaban J connectivity index is 1.67. The molecule has 0 aliphatic heterocycles. The summed E-state index contributed by atoms with van der Waals surface area (Å²) in [5.41, 5.74) is 2.47. The highest BCUT2D eigenvalue weighted by Crippen LogP contribution is 2.31. The van der Waals surface area contributed by atoms with Crippen molar-refractivity contribution in [3.05, 3.63) is 89.5 Å². The van der Waals surface area contributed by atoms with Crippen LogP contribution in [-0.2, 0) is 17.6 Å². The molecule has 0 aliphatic carbocycles. The minimum Gasteiger partial charge on any atom is -0.489 e. The van der Waals surface area contributed by atoms with Crippen molar-refractivity contribution in [2.45, 2.75) is 32.0 Å². The van der Waals surface area contributed by atoms with E-state index in [9.17, 15) is 18.0 Å². The van der Waals surface area contributed by atoms with E-state index in [1.165, 1.54) is 12.1 Å². The van der Waals surface area contributed by atoms with Crippen molar-refractivity contribution in [3.8, 4) is 28.7 Å². The lowest BCUT2D eigenvalue weighted by atomic mass is 9.96. The molecule has 1 atom stereocenters. The molecule has 0 heterocycles. The van der Waals surface area contributed by atoms with Crippen LogP contribution in [0.15, 0.2) is 72.8 Å². The first-order valence-corrected chi connectivity index (χ1v) is 9.89. The summed E-state index contributed by atoms with van der Waals surface area (Å²) in [4.78, 5) is 11.0. The van der Waals surface area contributed by atoms with E-state index in [0.717, 1.165) is 28.8 Å². The quantitative estimate of drug-likeness (QED) is 0.427. The number of carboxylic acids is 1. The summed E-state index contributed by atoms with van der Waals surface area (Å²) in [6.07, 6.45) is -4.43. The Kier molecular flexibility index (Phi) is 7.21. The monoisotopic (exact) mass is 438 g/mol. The highest BCUT2D eigenvalue weighted by atomic mass is 19.4. The van der Waals surface area contributed by atoms with Crippen LogP contribution in [0.5, 0.6) is 5.75 Å². The molecule has 0 spiro atoms. The lowest BCUT2D eigenvalue weighted by molar-refractivity contribution is -0.138. The predicted octanol–water partition coefficient (Wildman–Crippen LogP) is 6.53. The zero-order valence-corrected chi connectivity index (χ0v) is 17.3. The Morgan fingerprint density at radius 2 is 1.69 bits per heavy atom. The first-order valence-electron chi connectivity index (χ1n) is 9.89. The molecule has 0 aromatic heterocycles. The molecule has 0 unspecified atom stereocenters. The minimum absolute atomic E-state index is 0.0716. The Hall–Kier alpha value is -3.72. The van der Waals surface area contributed by atoms with Crippen molar-refractivity contribution in [2.75, 3.05) is 0 Å². The maximum atomic E-state index is 12.8. The van der Waals surface area contributed by atoms with E-state index < -0.39 is 17.7 Å². The highest BCUT2D eigenvalue weighted by Gasteiger charge is 2.29. The Morgan fingerprint density at radius 3 is 2.28 bits per heavy atom. The molecule has 0 bridgehead atoms. The summed E-state index contributed by atoms with van der Waals surface area (Å²) in [7, 11) is 0. The molecular weight excluding hydrogens is 417 g/mol. The van der Waals surface area contributed by atoms with Gasteiger partial charge in [0.15, 0.2) is 0 Å². The Labute approximate surface area is 184 Å². The fourth-order valence-electron chi connectivity index (χ4n) is 3.26. The van der Waals surface area contributed by atoms with Gasteiger partial charge in [0.25, 0.3) is 0 Å². The number of alkyl halides is 3. The van der Waals surface area contributed by atoms with E-state index in [4.69, 9.17) is 9.84 Å². The molecule has 3 aromatic carbocycles. The summed E-state index contributed by atoms with van der Waals surface area (Å²) in [6, 6.07) is 19.6. The summed E-state index contributed by atoms with van der Waals surface area (Å²) >= 11 is 0. The van der Waals surface area contributed by atoms with Crippen LogP contribution in [0.1, 0.15) is 36.0 Å². The number of hydrogen-bond acceptors (Lipinski definition) is 2. The molecule has 0 fully saturated rings. The lowest BCUT2D eigenvalue weighted by Gasteiger charge is -2.12. The second-order valence-corrected chi connectivity index (χ2v) is 7.18. The molecule has 0 radical (unpaired) electrons. The number of halogens is 3. The van der Waals surface area contributed by atoms with Gasteiger partial charge in [0.1, 0.15) is 12.4 Å². The average molecular weight is 438 g/mol. The molecule has 0 saturated carbocycles. The second kappa shape index (κ2) is 10.1. The Morgan fingerprint density at radius 1 is 1.00 bits per heavy atom. The number of carboxylic acid groups (broad SMARTS) is 1. The normalized spacial score (nSPS) is 11.9. The number of hydrogen-bond donors (Lipinski definition) is 1. The molecule has 0 saturated heterocycles. The summed E-state index contributed by atoms with van der Waals surface area (Å²) in [5, 5.41) is 9.05. The molecule has 164 valence electrons. The predicted molar refractivity (Wildman–Crippen MR) is 116 cm³/mol. The van der Waals surface area contributed by atoms with E-state index in [-0.39, 0.29) is 18.9 Å². The lowest BCUT2D eigenvalue weighted by Crippen LogP contribution is -2.04. The molecular formula is C26H21F3O3. The van der Waals surface area contributed by atoms with Crippen molar-refractivity contribution in [2.24, 2.45) is 0 Å². The zero-order chi connectivity index (χ0) is 23.1. The van der Waals surface area contributed by atoms with Gasteiger partial charge in [-0.15, -0.1) is 5.92 Å². The van der Waals surface area contributed by atoms with E-state index in [1.807, 2.05) is 24.3 Å². The van der Waals surface area contributed by atoms with Crippen molar-refractivity contribution < 1.29 is 27.8 Å². The minimum atomic E-state index is -4.36. The van der Waals surface area contributed by atoms with E-state index >= 15 is 0 Å². The van der Waals surface area contributed by atoms with Crippen molar-refractivity contribution in [1.29, 1.82) is 0 Å². The molecule has 6 heteroatoms. The first kappa shape index (κ1) is 23.0. The smallest absolute Gasteiger partial charge is 0.416 e. The first-order chi connectivity index (χ1) is 15.3. The van der Waals surface area contributed by atoms with E-state index in [0.29, 0.717) is 11.3 Å². The maximum Gasteiger partial charge on any atom is 0.416 e. The van der Waals surface area contributed by atoms with Crippen LogP contribution in [0.25, 0.3) is 11.1 Å². The molecule has 3 rings (SSSR count). The van der Waals surface area contributed by atoms with Crippen molar-refractivity contribution >= 4 is 5.97 Å². The van der Waals surface area contributed by atoms with Crippen LogP contribution in [-0.4, -0.2) is 11.1 Å². The van der Waals surface area contributed by atoms with Gasteiger partial charge in [-0.2, -0.15) is 13.2 Å². The molecule has 32 heavy (non-hydrogen) atoms. The summed E-state index contributed by atoms with van der Waals surface area (Å²) in [5.74, 6) is 4.99. The average Bonchev–Trinajstić information content (AvgIpc) is 2.77. The molecule has 3 nitrogen and oxygen atoms in total. The maximum absolute atomic E-state index is 12.8. The zero-order valence-electron chi connectivity index (χ0n) is 17.3. The number of carbonyl (C=O) groups is 1. The van der Waals surface area contributed by atoms with E-state index in [2.05, 4.69) is 11.8 Å². The highest BCUT2D eigenvalue weighted by molar-refractivity contribution is 5.69. The van der Waals surface area contributed by atoms with Crippen LogP contribution in [0.4, 0.5) is 13.2 Å². The van der Waals surface area contributed by atoms with Gasteiger partial charge < -0.3 is 9.84 Å². The van der Waals surface area contributed by atoms with Gasteiger partial charge in [0.05, 0.1) is 17.9 Å². The third-order valence-corrected chi connectivity index (χ3v) is 4.86. The van der Waals surface area contributed by atoms with Crippen LogP contribution in [0, 0.1) is 11.8 Å². The number of benzene rings is 3. The van der Waals surface area contributed by atoms with Gasteiger partial charge in [0.2, 0.25) is 0 Å². The third kappa shape index (κ3) is 6.14. The van der Waals surface area contributed by atoms with Gasteiger partial charge in [-0.25, -0.2) is 0 Å². The SMILES string of the molecule is CC#C[C@@H](CC(=O)O)c1ccc(OCc2cccc(-c3ccc(C(F)(F)F)cc3)c2)cc1. The number of aliphatic carboxylic acids is 1. The van der Waals surface area contributed by atoms with Crippen LogP contribution in [0.2, 0.25) is 0 Å². The van der Waals surface area contributed by atoms with Crippen LogP contribution < -0.4 is 4.74 Å². The third-order valence-electron chi connectivity index (χ3n) is 4.86. The molecule has 3 aromatic rings. The van der Waals surface area contributed by atoms with Crippen LogP contribution >= 0.6 is 0 Å². The fraction of sp³-hybridized carbons (Fsp3) is 0.192. The fourth-order valence-corrected chi connectivity index (χ4v) is 3.26. The van der Waals surface area contributed by atoms with Gasteiger partial charge in [0, 0.05) is 0 Å². The van der Waals surface area contributed by atoms with Crippen molar-refractivity contribution in [3.63, 3.8) is 0 Å². The van der Waals surface area contributed by atoms with Gasteiger partial charge in [-0.1, -0.05) is 48.4 Å². The summed E-state index contributed by atoms with van der Waals surface area (Å²) in [6.45, 7) is 1.95. The number of ether oxygens (including phenoxy) is 1. The van der Waals surface area contributed by atoms with E-state index in [1.54, 1.807) is 31.2 Å². The molecule has 1 N–H and O–H groups in total. The van der Waals surface area contributed by atoms with Gasteiger partial charge in [-0.3, -0.25) is 4.79 Å². The summed E-state index contributed by atoms with van der Waals surface area (Å²) < 4.78 is 44.1.